The van der Waals surface area contributed by atoms with Crippen molar-refractivity contribution in [1.82, 2.24) is 10.6 Å². The number of hydrogen-bond donors (Lipinski definition) is 2. The molecule has 0 bridgehead atoms. The number of benzene rings is 1. The van der Waals surface area contributed by atoms with Gasteiger partial charge in [0.05, 0.1) is 0 Å². The third kappa shape index (κ3) is 4.86. The summed E-state index contributed by atoms with van der Waals surface area (Å²) in [5, 5.41) is 5.47. The lowest BCUT2D eigenvalue weighted by molar-refractivity contribution is 0.241. The molecule has 1 rings (SSSR count). The topological polar surface area (TPSA) is 41.1 Å². The van der Waals surface area contributed by atoms with Gasteiger partial charge >= 0.3 is 6.03 Å². The first kappa shape index (κ1) is 11.3. The number of amides is 2. The molecule has 0 atom stereocenters. The van der Waals surface area contributed by atoms with Crippen molar-refractivity contribution in [3.63, 3.8) is 0 Å². The van der Waals surface area contributed by atoms with Crippen molar-refractivity contribution in [3.8, 4) is 0 Å². The summed E-state index contributed by atoms with van der Waals surface area (Å²) in [6.07, 6.45) is 0. The van der Waals surface area contributed by atoms with E-state index in [4.69, 9.17) is 0 Å². The number of hydrogen-bond acceptors (Lipinski definition) is 1. The molecule has 0 heterocycles. The van der Waals surface area contributed by atoms with Crippen LogP contribution in [0, 0.1) is 0 Å². The molecule has 0 saturated heterocycles. The van der Waals surface area contributed by atoms with Crippen molar-refractivity contribution in [1.29, 1.82) is 0 Å². The van der Waals surface area contributed by atoms with E-state index in [1.54, 1.807) is 0 Å². The fraction of sp³-hybridized carbons (Fsp3) is 0.250. The van der Waals surface area contributed by atoms with Crippen molar-refractivity contribution in [2.24, 2.45) is 0 Å². The van der Waals surface area contributed by atoms with E-state index >= 15 is 0 Å². The van der Waals surface area contributed by atoms with Crippen LogP contribution in [0.4, 0.5) is 4.79 Å². The zero-order valence-electron chi connectivity index (χ0n) is 8.92. The van der Waals surface area contributed by atoms with Gasteiger partial charge in [-0.05, 0) is 12.5 Å². The highest BCUT2D eigenvalue weighted by Crippen LogP contribution is 1.96. The highest BCUT2D eigenvalue weighted by atomic mass is 16.2. The van der Waals surface area contributed by atoms with Gasteiger partial charge in [-0.3, -0.25) is 0 Å². The summed E-state index contributed by atoms with van der Waals surface area (Å²) in [6.45, 7) is 6.63. The minimum atomic E-state index is -0.165. The van der Waals surface area contributed by atoms with Gasteiger partial charge in [0.15, 0.2) is 0 Å². The summed E-state index contributed by atoms with van der Waals surface area (Å²) in [7, 11) is 0. The van der Waals surface area contributed by atoms with Crippen LogP contribution in [0.3, 0.4) is 0 Å². The number of carbonyl (C=O) groups excluding carboxylic acids is 1. The summed E-state index contributed by atoms with van der Waals surface area (Å²) in [5.41, 5.74) is 2.02. The Balaban J connectivity index is 2.26. The molecule has 0 spiro atoms. The van der Waals surface area contributed by atoms with Crippen molar-refractivity contribution < 1.29 is 4.79 Å². The molecule has 0 aromatic heterocycles. The van der Waals surface area contributed by atoms with Crippen molar-refractivity contribution >= 4 is 6.03 Å². The largest absolute Gasteiger partial charge is 0.334 e. The monoisotopic (exact) mass is 204 g/mol. The van der Waals surface area contributed by atoms with Crippen LogP contribution in [0.25, 0.3) is 0 Å². The van der Waals surface area contributed by atoms with Crippen LogP contribution >= 0.6 is 0 Å². The van der Waals surface area contributed by atoms with Gasteiger partial charge in [0.25, 0.3) is 0 Å². The Morgan fingerprint density at radius 2 is 1.93 bits per heavy atom. The first-order chi connectivity index (χ1) is 7.18. The smallest absolute Gasteiger partial charge is 0.315 e. The molecule has 80 valence electrons. The molecular formula is C12H16N2O. The maximum atomic E-state index is 11.3. The molecule has 0 fully saturated rings. The number of carbonyl (C=O) groups is 1. The minimum Gasteiger partial charge on any atom is -0.334 e. The van der Waals surface area contributed by atoms with Gasteiger partial charge in [0, 0.05) is 13.1 Å². The lowest BCUT2D eigenvalue weighted by atomic mass is 10.2. The first-order valence-corrected chi connectivity index (χ1v) is 4.88. The Bertz CT molecular complexity index is 333. The molecule has 3 heteroatoms. The second-order valence-corrected chi connectivity index (χ2v) is 3.48. The molecule has 1 aromatic carbocycles. The molecule has 0 aliphatic carbocycles. The number of urea groups is 1. The van der Waals surface area contributed by atoms with Gasteiger partial charge in [-0.1, -0.05) is 42.5 Å². The molecule has 0 radical (unpaired) electrons. The highest BCUT2D eigenvalue weighted by molar-refractivity contribution is 5.74. The third-order valence-corrected chi connectivity index (χ3v) is 1.85. The standard InChI is InChI=1S/C12H16N2O/c1-10(2)8-13-12(15)14-9-11-6-4-3-5-7-11/h3-7H,1,8-9H2,2H3,(H2,13,14,15). The van der Waals surface area contributed by atoms with Gasteiger partial charge < -0.3 is 10.6 Å². The number of rotatable bonds is 4. The van der Waals surface area contributed by atoms with E-state index in [2.05, 4.69) is 17.2 Å². The van der Waals surface area contributed by atoms with E-state index in [-0.39, 0.29) is 6.03 Å². The van der Waals surface area contributed by atoms with E-state index in [0.717, 1.165) is 11.1 Å². The number of nitrogens with one attached hydrogen (secondary N) is 2. The van der Waals surface area contributed by atoms with Crippen LogP contribution in [0.1, 0.15) is 12.5 Å². The van der Waals surface area contributed by atoms with Gasteiger partial charge in [-0.25, -0.2) is 4.79 Å². The zero-order chi connectivity index (χ0) is 11.1. The van der Waals surface area contributed by atoms with Crippen LogP contribution in [0.2, 0.25) is 0 Å². The van der Waals surface area contributed by atoms with Gasteiger partial charge in [0.1, 0.15) is 0 Å². The summed E-state index contributed by atoms with van der Waals surface area (Å²) in [4.78, 5) is 11.3. The fourth-order valence-electron chi connectivity index (χ4n) is 1.07. The van der Waals surface area contributed by atoms with Crippen LogP contribution < -0.4 is 10.6 Å². The molecule has 15 heavy (non-hydrogen) atoms. The Kier molecular flexibility index (Phi) is 4.41. The van der Waals surface area contributed by atoms with Crippen molar-refractivity contribution in [2.75, 3.05) is 6.54 Å². The molecule has 0 aliphatic rings. The maximum Gasteiger partial charge on any atom is 0.315 e. The van der Waals surface area contributed by atoms with Gasteiger partial charge in [0.2, 0.25) is 0 Å². The van der Waals surface area contributed by atoms with Gasteiger partial charge in [-0.15, -0.1) is 0 Å². The molecule has 0 saturated carbocycles. The maximum absolute atomic E-state index is 11.3. The average Bonchev–Trinajstić information content (AvgIpc) is 2.25. The van der Waals surface area contributed by atoms with Gasteiger partial charge in [-0.2, -0.15) is 0 Å². The predicted octanol–water partition coefficient (Wildman–Crippen LogP) is 2.06. The SMILES string of the molecule is C=C(C)CNC(=O)NCc1ccccc1. The summed E-state index contributed by atoms with van der Waals surface area (Å²) < 4.78 is 0. The van der Waals surface area contributed by atoms with Crippen LogP contribution in [0.15, 0.2) is 42.5 Å². The van der Waals surface area contributed by atoms with E-state index in [1.165, 1.54) is 0 Å². The average molecular weight is 204 g/mol. The molecule has 3 nitrogen and oxygen atoms in total. The fourth-order valence-corrected chi connectivity index (χ4v) is 1.07. The van der Waals surface area contributed by atoms with Crippen LogP contribution in [0.5, 0.6) is 0 Å². The Morgan fingerprint density at radius 1 is 1.27 bits per heavy atom. The Morgan fingerprint density at radius 3 is 2.53 bits per heavy atom. The van der Waals surface area contributed by atoms with Crippen LogP contribution in [-0.4, -0.2) is 12.6 Å². The predicted molar refractivity (Wildman–Crippen MR) is 61.5 cm³/mol. The quantitative estimate of drug-likeness (QED) is 0.724. The molecular weight excluding hydrogens is 188 g/mol. The first-order valence-electron chi connectivity index (χ1n) is 4.88. The van der Waals surface area contributed by atoms with E-state index in [1.807, 2.05) is 37.3 Å². The van der Waals surface area contributed by atoms with E-state index < -0.39 is 0 Å². The van der Waals surface area contributed by atoms with Crippen molar-refractivity contribution in [3.05, 3.63) is 48.0 Å². The van der Waals surface area contributed by atoms with E-state index in [0.29, 0.717) is 13.1 Å². The minimum absolute atomic E-state index is 0.165. The molecule has 2 N–H and O–H groups in total. The normalized spacial score (nSPS) is 9.40. The lowest BCUT2D eigenvalue weighted by Crippen LogP contribution is -2.35. The zero-order valence-corrected chi connectivity index (χ0v) is 8.92. The second kappa shape index (κ2) is 5.86. The highest BCUT2D eigenvalue weighted by Gasteiger charge is 1.98. The summed E-state index contributed by atoms with van der Waals surface area (Å²) in [5.74, 6) is 0. The molecule has 0 unspecified atom stereocenters. The lowest BCUT2D eigenvalue weighted by Gasteiger charge is -2.07. The second-order valence-electron chi connectivity index (χ2n) is 3.48. The molecule has 2 amide bonds. The van der Waals surface area contributed by atoms with Crippen LogP contribution in [-0.2, 0) is 6.54 Å². The Labute approximate surface area is 90.2 Å². The van der Waals surface area contributed by atoms with Crippen molar-refractivity contribution in [2.45, 2.75) is 13.5 Å². The Hall–Kier alpha value is -1.77. The molecule has 0 aliphatic heterocycles. The van der Waals surface area contributed by atoms with E-state index in [9.17, 15) is 4.79 Å². The molecule has 1 aromatic rings. The third-order valence-electron chi connectivity index (χ3n) is 1.85. The summed E-state index contributed by atoms with van der Waals surface area (Å²) >= 11 is 0. The summed E-state index contributed by atoms with van der Waals surface area (Å²) in [6, 6.07) is 9.62.